The van der Waals surface area contributed by atoms with Crippen LogP contribution in [0.1, 0.15) is 27.7 Å². The fraction of sp³-hybridized carbons (Fsp3) is 0.882. The number of nitrogens with one attached hydrogen (secondary N) is 1. The topological polar surface area (TPSA) is 60.4 Å². The van der Waals surface area contributed by atoms with E-state index in [-0.39, 0.29) is 41.5 Å². The predicted molar refractivity (Wildman–Crippen MR) is 112 cm³/mol. The Morgan fingerprint density at radius 2 is 1.96 bits per heavy atom. The van der Waals surface area contributed by atoms with Crippen LogP contribution in [0, 0.1) is 0 Å². The lowest BCUT2D eigenvalue weighted by Gasteiger charge is -2.49. The summed E-state index contributed by atoms with van der Waals surface area (Å²) in [7, 11) is 1.78. The number of carbonyl (C=O) groups excluding carboxylic acids is 1. The average Bonchev–Trinajstić information content (AvgIpc) is 2.50. The molecule has 0 aromatic heterocycles. The summed E-state index contributed by atoms with van der Waals surface area (Å²) in [5.74, 6) is 0.977. The molecule has 2 saturated heterocycles. The number of aliphatic imine (C=N–C) groups is 1. The molecular formula is C17H34IN5O2. The number of carbonyl (C=O) groups is 1. The van der Waals surface area contributed by atoms with Crippen molar-refractivity contribution in [1.29, 1.82) is 0 Å². The molecule has 1 N–H and O–H groups in total. The highest BCUT2D eigenvalue weighted by atomic mass is 127. The molecule has 0 bridgehead atoms. The van der Waals surface area contributed by atoms with Gasteiger partial charge in [-0.25, -0.2) is 0 Å². The van der Waals surface area contributed by atoms with E-state index in [0.717, 1.165) is 51.9 Å². The van der Waals surface area contributed by atoms with E-state index in [1.165, 1.54) is 0 Å². The lowest BCUT2D eigenvalue weighted by Crippen LogP contribution is -2.66. The Labute approximate surface area is 169 Å². The summed E-state index contributed by atoms with van der Waals surface area (Å²) in [4.78, 5) is 23.4. The van der Waals surface area contributed by atoms with E-state index in [9.17, 15) is 4.79 Å². The second-order valence-electron chi connectivity index (χ2n) is 7.45. The van der Waals surface area contributed by atoms with Crippen LogP contribution in [0.15, 0.2) is 4.99 Å². The standard InChI is InChI=1S/C17H33N5O2.HI/c1-14(2)22-15(23)12-21(13-17(22,3)4)16(18-5)19-6-7-20-8-10-24-11-9-20;/h14H,6-13H2,1-5H3,(H,18,19);1H. The molecule has 0 spiro atoms. The predicted octanol–water partition coefficient (Wildman–Crippen LogP) is 0.843. The first kappa shape index (κ1) is 22.4. The lowest BCUT2D eigenvalue weighted by atomic mass is 9.96. The van der Waals surface area contributed by atoms with Crippen LogP contribution in [0.5, 0.6) is 0 Å². The highest BCUT2D eigenvalue weighted by Crippen LogP contribution is 2.24. The molecule has 2 aliphatic heterocycles. The Balaban J connectivity index is 0.00000312. The van der Waals surface area contributed by atoms with Crippen LogP contribution in [0.3, 0.4) is 0 Å². The van der Waals surface area contributed by atoms with Gasteiger partial charge in [-0.1, -0.05) is 0 Å². The van der Waals surface area contributed by atoms with E-state index in [4.69, 9.17) is 4.74 Å². The normalized spacial score (nSPS) is 22.2. The number of piperazine rings is 1. The fourth-order valence-corrected chi connectivity index (χ4v) is 3.80. The van der Waals surface area contributed by atoms with Crippen LogP contribution in [-0.4, -0.2) is 97.7 Å². The molecule has 8 heteroatoms. The molecule has 0 aromatic rings. The Bertz CT molecular complexity index is 464. The van der Waals surface area contributed by atoms with Gasteiger partial charge in [0.25, 0.3) is 0 Å². The van der Waals surface area contributed by atoms with Crippen molar-refractivity contribution in [3.8, 4) is 0 Å². The third kappa shape index (κ3) is 5.96. The Morgan fingerprint density at radius 3 is 2.48 bits per heavy atom. The molecule has 146 valence electrons. The van der Waals surface area contributed by atoms with Crippen LogP contribution >= 0.6 is 24.0 Å². The van der Waals surface area contributed by atoms with Gasteiger partial charge in [0.1, 0.15) is 0 Å². The first-order valence-corrected chi connectivity index (χ1v) is 8.93. The van der Waals surface area contributed by atoms with Crippen LogP contribution in [-0.2, 0) is 9.53 Å². The molecule has 25 heavy (non-hydrogen) atoms. The number of rotatable bonds is 4. The van der Waals surface area contributed by atoms with Crippen molar-refractivity contribution >= 4 is 35.8 Å². The van der Waals surface area contributed by atoms with E-state index in [2.05, 4.69) is 47.8 Å². The molecule has 2 rings (SSSR count). The minimum absolute atomic E-state index is 0. The van der Waals surface area contributed by atoms with Crippen molar-refractivity contribution in [2.24, 2.45) is 4.99 Å². The zero-order valence-electron chi connectivity index (χ0n) is 16.2. The molecule has 0 aromatic carbocycles. The van der Waals surface area contributed by atoms with E-state index < -0.39 is 0 Å². The van der Waals surface area contributed by atoms with Crippen molar-refractivity contribution in [3.05, 3.63) is 0 Å². The molecule has 0 aliphatic carbocycles. The molecule has 7 nitrogen and oxygen atoms in total. The number of nitrogens with zero attached hydrogens (tertiary/aromatic N) is 4. The maximum atomic E-state index is 12.6. The molecule has 0 atom stereocenters. The lowest BCUT2D eigenvalue weighted by molar-refractivity contribution is -0.145. The van der Waals surface area contributed by atoms with Crippen LogP contribution in [0.4, 0.5) is 0 Å². The summed E-state index contributed by atoms with van der Waals surface area (Å²) in [6.07, 6.45) is 0. The highest BCUT2D eigenvalue weighted by molar-refractivity contribution is 14.0. The molecule has 2 aliphatic rings. The van der Waals surface area contributed by atoms with Gasteiger partial charge in [0.2, 0.25) is 5.91 Å². The second kappa shape index (κ2) is 9.91. The van der Waals surface area contributed by atoms with Gasteiger partial charge < -0.3 is 19.9 Å². The maximum absolute atomic E-state index is 12.6. The second-order valence-corrected chi connectivity index (χ2v) is 7.45. The smallest absolute Gasteiger partial charge is 0.242 e. The number of hydrogen-bond donors (Lipinski definition) is 1. The number of amides is 1. The van der Waals surface area contributed by atoms with E-state index in [0.29, 0.717) is 6.54 Å². The summed E-state index contributed by atoms with van der Waals surface area (Å²) < 4.78 is 5.37. The maximum Gasteiger partial charge on any atom is 0.242 e. The summed E-state index contributed by atoms with van der Waals surface area (Å²) in [6.45, 7) is 15.0. The molecule has 2 heterocycles. The first-order chi connectivity index (χ1) is 11.3. The zero-order valence-corrected chi connectivity index (χ0v) is 18.6. The van der Waals surface area contributed by atoms with E-state index >= 15 is 0 Å². The van der Waals surface area contributed by atoms with Crippen molar-refractivity contribution < 1.29 is 9.53 Å². The Morgan fingerprint density at radius 1 is 1.32 bits per heavy atom. The van der Waals surface area contributed by atoms with Crippen molar-refractivity contribution in [1.82, 2.24) is 20.0 Å². The Kier molecular flexibility index (Phi) is 8.90. The summed E-state index contributed by atoms with van der Waals surface area (Å²) in [6, 6.07) is 0.214. The number of morpholine rings is 1. The SMILES string of the molecule is CN=C(NCCN1CCOCC1)N1CC(=O)N(C(C)C)C(C)(C)C1.I. The average molecular weight is 467 g/mol. The van der Waals surface area contributed by atoms with Crippen molar-refractivity contribution in [2.75, 3.05) is 59.5 Å². The number of guanidine groups is 1. The van der Waals surface area contributed by atoms with Crippen LogP contribution in [0.2, 0.25) is 0 Å². The molecule has 0 radical (unpaired) electrons. The molecule has 0 saturated carbocycles. The monoisotopic (exact) mass is 467 g/mol. The summed E-state index contributed by atoms with van der Waals surface area (Å²) >= 11 is 0. The minimum atomic E-state index is -0.203. The molecular weight excluding hydrogens is 433 g/mol. The fourth-order valence-electron chi connectivity index (χ4n) is 3.80. The van der Waals surface area contributed by atoms with Crippen molar-refractivity contribution in [2.45, 2.75) is 39.3 Å². The van der Waals surface area contributed by atoms with Gasteiger partial charge in [0.05, 0.1) is 25.3 Å². The van der Waals surface area contributed by atoms with Gasteiger partial charge >= 0.3 is 0 Å². The summed E-state index contributed by atoms with van der Waals surface area (Å²) in [5.41, 5.74) is -0.203. The van der Waals surface area contributed by atoms with Gasteiger partial charge in [-0.15, -0.1) is 24.0 Å². The van der Waals surface area contributed by atoms with Gasteiger partial charge in [-0.05, 0) is 27.7 Å². The van der Waals surface area contributed by atoms with Gasteiger partial charge in [-0.3, -0.25) is 14.7 Å². The highest BCUT2D eigenvalue weighted by Gasteiger charge is 2.40. The Hall–Kier alpha value is -0.610. The summed E-state index contributed by atoms with van der Waals surface area (Å²) in [5, 5.41) is 3.41. The van der Waals surface area contributed by atoms with E-state index in [1.807, 2.05) is 4.90 Å². The largest absolute Gasteiger partial charge is 0.379 e. The van der Waals surface area contributed by atoms with Crippen molar-refractivity contribution in [3.63, 3.8) is 0 Å². The number of halogens is 1. The van der Waals surface area contributed by atoms with E-state index in [1.54, 1.807) is 7.05 Å². The van der Waals surface area contributed by atoms with Gasteiger partial charge in [-0.2, -0.15) is 0 Å². The van der Waals surface area contributed by atoms with Gasteiger partial charge in [0, 0.05) is 45.8 Å². The number of hydrogen-bond acceptors (Lipinski definition) is 4. The first-order valence-electron chi connectivity index (χ1n) is 8.93. The number of ether oxygens (including phenoxy) is 1. The van der Waals surface area contributed by atoms with Gasteiger partial charge in [0.15, 0.2) is 5.96 Å². The molecule has 0 unspecified atom stereocenters. The third-order valence-corrected chi connectivity index (χ3v) is 4.67. The zero-order chi connectivity index (χ0) is 17.7. The minimum Gasteiger partial charge on any atom is -0.379 e. The quantitative estimate of drug-likeness (QED) is 0.378. The molecule has 1 amide bonds. The third-order valence-electron chi connectivity index (χ3n) is 4.67. The van der Waals surface area contributed by atoms with Crippen LogP contribution in [0.25, 0.3) is 0 Å². The molecule has 2 fully saturated rings. The van der Waals surface area contributed by atoms with Crippen LogP contribution < -0.4 is 5.32 Å².